The summed E-state index contributed by atoms with van der Waals surface area (Å²) >= 11 is 3.15. The van der Waals surface area contributed by atoms with Gasteiger partial charge in [0, 0.05) is 11.8 Å². The van der Waals surface area contributed by atoms with E-state index in [2.05, 4.69) is 15.9 Å². The van der Waals surface area contributed by atoms with Crippen molar-refractivity contribution in [2.75, 3.05) is 7.11 Å². The second kappa shape index (κ2) is 5.84. The van der Waals surface area contributed by atoms with Crippen LogP contribution >= 0.6 is 15.9 Å². The number of ether oxygens (including phenoxy) is 1. The molecule has 0 saturated heterocycles. The minimum Gasteiger partial charge on any atom is -0.497 e. The predicted molar refractivity (Wildman–Crippen MR) is 75.7 cm³/mol. The number of hydrogen-bond donors (Lipinski definition) is 0. The molecule has 0 radical (unpaired) electrons. The third kappa shape index (κ3) is 3.12. The van der Waals surface area contributed by atoms with E-state index in [1.165, 1.54) is 4.57 Å². The average molecular weight is 322 g/mol. The van der Waals surface area contributed by atoms with Gasteiger partial charge in [0.25, 0.3) is 5.56 Å². The molecule has 0 N–H and O–H groups in total. The third-order valence-corrected chi connectivity index (χ3v) is 3.30. The highest BCUT2D eigenvalue weighted by molar-refractivity contribution is 9.10. The van der Waals surface area contributed by atoms with Crippen LogP contribution in [0.2, 0.25) is 0 Å². The molecule has 5 heteroatoms. The summed E-state index contributed by atoms with van der Waals surface area (Å²) in [6, 6.07) is 10.2. The van der Waals surface area contributed by atoms with Crippen molar-refractivity contribution in [1.82, 2.24) is 4.57 Å². The molecule has 1 aromatic carbocycles. The monoisotopic (exact) mass is 321 g/mol. The van der Waals surface area contributed by atoms with Crippen LogP contribution in [0.25, 0.3) is 0 Å². The number of halogens is 1. The summed E-state index contributed by atoms with van der Waals surface area (Å²) in [5.74, 6) is 0.569. The molecular formula is C14H12BrNO3. The summed E-state index contributed by atoms with van der Waals surface area (Å²) in [5, 5.41) is 0. The van der Waals surface area contributed by atoms with Gasteiger partial charge in [0.05, 0.1) is 18.1 Å². The molecule has 0 fully saturated rings. The smallest absolute Gasteiger partial charge is 0.265 e. The Labute approximate surface area is 118 Å². The third-order valence-electron chi connectivity index (χ3n) is 2.70. The molecule has 0 amide bonds. The van der Waals surface area contributed by atoms with Gasteiger partial charge in [-0.25, -0.2) is 0 Å². The molecule has 2 rings (SSSR count). The zero-order valence-electron chi connectivity index (χ0n) is 10.3. The molecule has 0 atom stereocenters. The van der Waals surface area contributed by atoms with Crippen LogP contribution in [0.5, 0.6) is 5.75 Å². The van der Waals surface area contributed by atoms with E-state index in [1.807, 2.05) is 0 Å². The number of aromatic nitrogens is 1. The second-order valence-electron chi connectivity index (χ2n) is 3.94. The number of nitrogens with zero attached hydrogens (tertiary/aromatic N) is 1. The molecule has 0 bridgehead atoms. The number of carbonyl (C=O) groups excluding carboxylic acids is 1. The summed E-state index contributed by atoms with van der Waals surface area (Å²) in [7, 11) is 1.57. The highest BCUT2D eigenvalue weighted by Gasteiger charge is 2.09. The Morgan fingerprint density at radius 2 is 1.95 bits per heavy atom. The van der Waals surface area contributed by atoms with Crippen LogP contribution in [0.1, 0.15) is 10.4 Å². The summed E-state index contributed by atoms with van der Waals surface area (Å²) in [6.07, 6.45) is 1.59. The number of carbonyl (C=O) groups is 1. The number of pyridine rings is 1. The number of hydrogen-bond acceptors (Lipinski definition) is 3. The Morgan fingerprint density at radius 3 is 2.58 bits per heavy atom. The molecule has 2 aromatic rings. The zero-order chi connectivity index (χ0) is 13.8. The van der Waals surface area contributed by atoms with Crippen LogP contribution in [-0.2, 0) is 6.54 Å². The number of Topliss-reactive ketones (excluding diaryl/α,β-unsaturated/α-hetero) is 1. The number of methoxy groups -OCH3 is 1. The molecule has 0 spiro atoms. The quantitative estimate of drug-likeness (QED) is 0.813. The lowest BCUT2D eigenvalue weighted by Gasteiger charge is -2.06. The number of ketones is 1. The van der Waals surface area contributed by atoms with Crippen molar-refractivity contribution in [1.29, 1.82) is 0 Å². The van der Waals surface area contributed by atoms with Crippen LogP contribution in [0.15, 0.2) is 51.9 Å². The second-order valence-corrected chi connectivity index (χ2v) is 4.80. The maximum Gasteiger partial charge on any atom is 0.265 e. The van der Waals surface area contributed by atoms with Crippen molar-refractivity contribution >= 4 is 21.7 Å². The first kappa shape index (κ1) is 13.5. The maximum atomic E-state index is 12.1. The van der Waals surface area contributed by atoms with E-state index in [9.17, 15) is 9.59 Å². The largest absolute Gasteiger partial charge is 0.497 e. The lowest BCUT2D eigenvalue weighted by Crippen LogP contribution is -2.23. The molecule has 1 aromatic heterocycles. The summed E-state index contributed by atoms with van der Waals surface area (Å²) in [6.45, 7) is 0.0185. The lowest BCUT2D eigenvalue weighted by atomic mass is 10.1. The molecule has 0 saturated carbocycles. The van der Waals surface area contributed by atoms with Crippen LogP contribution < -0.4 is 10.3 Å². The fraction of sp³-hybridized carbons (Fsp3) is 0.143. The van der Waals surface area contributed by atoms with Gasteiger partial charge in [0.15, 0.2) is 5.78 Å². The first-order valence-corrected chi connectivity index (χ1v) is 6.43. The lowest BCUT2D eigenvalue weighted by molar-refractivity contribution is 0.0970. The van der Waals surface area contributed by atoms with Gasteiger partial charge in [-0.3, -0.25) is 9.59 Å². The SMILES string of the molecule is COc1ccc(C(=O)Cn2cccc(Br)c2=O)cc1. The van der Waals surface area contributed by atoms with Crippen LogP contribution in [0, 0.1) is 0 Å². The van der Waals surface area contributed by atoms with Crippen molar-refractivity contribution in [3.8, 4) is 5.75 Å². The van der Waals surface area contributed by atoms with E-state index in [-0.39, 0.29) is 17.9 Å². The van der Waals surface area contributed by atoms with Crippen molar-refractivity contribution in [2.45, 2.75) is 6.54 Å². The van der Waals surface area contributed by atoms with Crippen LogP contribution in [0.4, 0.5) is 0 Å². The molecule has 0 aliphatic heterocycles. The Bertz CT molecular complexity index is 646. The van der Waals surface area contributed by atoms with Gasteiger partial charge in [-0.1, -0.05) is 0 Å². The topological polar surface area (TPSA) is 48.3 Å². The van der Waals surface area contributed by atoms with E-state index in [0.717, 1.165) is 0 Å². The van der Waals surface area contributed by atoms with Gasteiger partial charge in [-0.2, -0.15) is 0 Å². The van der Waals surface area contributed by atoms with Crippen LogP contribution in [0.3, 0.4) is 0 Å². The van der Waals surface area contributed by atoms with Crippen molar-refractivity contribution in [3.05, 3.63) is 63.0 Å². The van der Waals surface area contributed by atoms with E-state index in [4.69, 9.17) is 4.74 Å². The van der Waals surface area contributed by atoms with Gasteiger partial charge in [0.1, 0.15) is 5.75 Å². The van der Waals surface area contributed by atoms with Crippen molar-refractivity contribution in [3.63, 3.8) is 0 Å². The molecule has 0 aliphatic carbocycles. The van der Waals surface area contributed by atoms with E-state index in [0.29, 0.717) is 15.8 Å². The Morgan fingerprint density at radius 1 is 1.26 bits per heavy atom. The first-order valence-electron chi connectivity index (χ1n) is 5.64. The van der Waals surface area contributed by atoms with Crippen molar-refractivity contribution < 1.29 is 9.53 Å². The number of rotatable bonds is 4. The minimum absolute atomic E-state index is 0.0185. The fourth-order valence-corrected chi connectivity index (χ4v) is 2.04. The molecule has 4 nitrogen and oxygen atoms in total. The molecular weight excluding hydrogens is 310 g/mol. The standard InChI is InChI=1S/C14H12BrNO3/c1-19-11-6-4-10(5-7-11)13(17)9-16-8-2-3-12(15)14(16)18/h2-8H,9H2,1H3. The number of benzene rings is 1. The Hall–Kier alpha value is -1.88. The minimum atomic E-state index is -0.218. The predicted octanol–water partition coefficient (Wildman–Crippen LogP) is 2.50. The zero-order valence-corrected chi connectivity index (χ0v) is 11.9. The fourth-order valence-electron chi connectivity index (χ4n) is 1.66. The van der Waals surface area contributed by atoms with Gasteiger partial charge in [-0.15, -0.1) is 0 Å². The molecule has 0 aliphatic rings. The highest BCUT2D eigenvalue weighted by atomic mass is 79.9. The molecule has 0 unspecified atom stereocenters. The molecule has 98 valence electrons. The molecule has 1 heterocycles. The summed E-state index contributed by atoms with van der Waals surface area (Å²) in [4.78, 5) is 23.8. The van der Waals surface area contributed by atoms with Gasteiger partial charge >= 0.3 is 0 Å². The van der Waals surface area contributed by atoms with E-state index >= 15 is 0 Å². The summed E-state index contributed by atoms with van der Waals surface area (Å²) in [5.41, 5.74) is 0.331. The molecule has 19 heavy (non-hydrogen) atoms. The normalized spacial score (nSPS) is 10.2. The van der Waals surface area contributed by atoms with Crippen molar-refractivity contribution in [2.24, 2.45) is 0 Å². The van der Waals surface area contributed by atoms with E-state index < -0.39 is 0 Å². The average Bonchev–Trinajstić information content (AvgIpc) is 2.44. The summed E-state index contributed by atoms with van der Waals surface area (Å²) < 4.78 is 6.84. The van der Waals surface area contributed by atoms with Gasteiger partial charge in [0.2, 0.25) is 0 Å². The van der Waals surface area contributed by atoms with Gasteiger partial charge in [-0.05, 0) is 52.3 Å². The highest BCUT2D eigenvalue weighted by Crippen LogP contribution is 2.12. The van der Waals surface area contributed by atoms with Crippen LogP contribution in [-0.4, -0.2) is 17.5 Å². The first-order chi connectivity index (χ1) is 9.11. The van der Waals surface area contributed by atoms with E-state index in [1.54, 1.807) is 49.7 Å². The van der Waals surface area contributed by atoms with Gasteiger partial charge < -0.3 is 9.30 Å². The Balaban J connectivity index is 2.20. The Kier molecular flexibility index (Phi) is 4.16. The maximum absolute atomic E-state index is 12.1.